The van der Waals surface area contributed by atoms with Crippen LogP contribution in [0.25, 0.3) is 0 Å². The smallest absolute Gasteiger partial charge is 0.324 e. The van der Waals surface area contributed by atoms with Crippen LogP contribution in [-0.4, -0.2) is 41.9 Å². The molecule has 2 heterocycles. The third kappa shape index (κ3) is 3.79. The monoisotopic (exact) mass is 342 g/mol. The number of amides is 4. The molecule has 3 rings (SSSR count). The van der Waals surface area contributed by atoms with Crippen molar-refractivity contribution >= 4 is 29.2 Å². The number of hydrogen-bond acceptors (Lipinski definition) is 5. The maximum absolute atomic E-state index is 12.2. The maximum atomic E-state index is 12.2. The van der Waals surface area contributed by atoms with E-state index < -0.39 is 6.04 Å². The molecule has 0 aliphatic carbocycles. The average molecular weight is 342 g/mol. The number of carbonyl (C=O) groups excluding carboxylic acids is 3. The summed E-state index contributed by atoms with van der Waals surface area (Å²) in [6.45, 7) is 2.54. The molecule has 3 N–H and O–H groups in total. The SMILES string of the molecule is C[C@@H](Nc1ccc(NC(=O)c2ccco2)cc1)C(=O)N1CCNC1=O. The van der Waals surface area contributed by atoms with Gasteiger partial charge in [0, 0.05) is 24.5 Å². The lowest BCUT2D eigenvalue weighted by atomic mass is 10.2. The van der Waals surface area contributed by atoms with E-state index in [9.17, 15) is 14.4 Å². The molecule has 1 atom stereocenters. The zero-order valence-electron chi connectivity index (χ0n) is 13.6. The summed E-state index contributed by atoms with van der Waals surface area (Å²) in [7, 11) is 0. The Balaban J connectivity index is 1.57. The topological polar surface area (TPSA) is 104 Å². The second-order valence-corrected chi connectivity index (χ2v) is 5.60. The van der Waals surface area contributed by atoms with Gasteiger partial charge in [-0.2, -0.15) is 0 Å². The average Bonchev–Trinajstić information content (AvgIpc) is 3.27. The first-order valence-electron chi connectivity index (χ1n) is 7.85. The molecule has 130 valence electrons. The van der Waals surface area contributed by atoms with Crippen molar-refractivity contribution in [3.05, 3.63) is 48.4 Å². The Morgan fingerprint density at radius 2 is 1.92 bits per heavy atom. The van der Waals surface area contributed by atoms with Crippen LogP contribution in [0.3, 0.4) is 0 Å². The molecule has 1 fully saturated rings. The van der Waals surface area contributed by atoms with Crippen LogP contribution in [0.15, 0.2) is 47.1 Å². The number of rotatable bonds is 5. The van der Waals surface area contributed by atoms with Crippen molar-refractivity contribution < 1.29 is 18.8 Å². The van der Waals surface area contributed by atoms with Gasteiger partial charge in [0.15, 0.2) is 5.76 Å². The molecule has 1 aliphatic heterocycles. The fourth-order valence-corrected chi connectivity index (χ4v) is 2.48. The highest BCUT2D eigenvalue weighted by Crippen LogP contribution is 2.16. The summed E-state index contributed by atoms with van der Waals surface area (Å²) in [6.07, 6.45) is 1.43. The normalized spacial score (nSPS) is 14.8. The lowest BCUT2D eigenvalue weighted by molar-refractivity contribution is -0.128. The summed E-state index contributed by atoms with van der Waals surface area (Å²) in [5.74, 6) is -0.398. The number of imide groups is 1. The summed E-state index contributed by atoms with van der Waals surface area (Å²) < 4.78 is 5.03. The first kappa shape index (κ1) is 16.6. The molecule has 8 heteroatoms. The summed E-state index contributed by atoms with van der Waals surface area (Å²) in [4.78, 5) is 36.9. The zero-order chi connectivity index (χ0) is 17.8. The molecular weight excluding hydrogens is 324 g/mol. The van der Waals surface area contributed by atoms with Crippen LogP contribution in [0.4, 0.5) is 16.2 Å². The van der Waals surface area contributed by atoms with E-state index in [1.54, 1.807) is 43.3 Å². The van der Waals surface area contributed by atoms with Crippen LogP contribution >= 0.6 is 0 Å². The van der Waals surface area contributed by atoms with E-state index in [4.69, 9.17) is 4.42 Å². The zero-order valence-corrected chi connectivity index (χ0v) is 13.6. The first-order valence-corrected chi connectivity index (χ1v) is 7.85. The molecule has 0 radical (unpaired) electrons. The van der Waals surface area contributed by atoms with Crippen molar-refractivity contribution in [3.63, 3.8) is 0 Å². The van der Waals surface area contributed by atoms with Gasteiger partial charge in [0.25, 0.3) is 11.8 Å². The Kier molecular flexibility index (Phi) is 4.69. The summed E-state index contributed by atoms with van der Waals surface area (Å²) in [5.41, 5.74) is 1.31. The summed E-state index contributed by atoms with van der Waals surface area (Å²) in [6, 6.07) is 9.21. The third-order valence-electron chi connectivity index (χ3n) is 3.76. The molecular formula is C17H18N4O4. The van der Waals surface area contributed by atoms with Gasteiger partial charge in [0.05, 0.1) is 6.26 Å². The molecule has 2 aromatic rings. The highest BCUT2D eigenvalue weighted by atomic mass is 16.3. The molecule has 8 nitrogen and oxygen atoms in total. The van der Waals surface area contributed by atoms with Crippen molar-refractivity contribution in [1.82, 2.24) is 10.2 Å². The van der Waals surface area contributed by atoms with Crippen molar-refractivity contribution in [2.24, 2.45) is 0 Å². The molecule has 25 heavy (non-hydrogen) atoms. The molecule has 0 saturated carbocycles. The number of benzene rings is 1. The lowest BCUT2D eigenvalue weighted by Gasteiger charge is -2.19. The molecule has 1 aliphatic rings. The molecule has 1 aromatic heterocycles. The quantitative estimate of drug-likeness (QED) is 0.770. The minimum atomic E-state index is -0.549. The van der Waals surface area contributed by atoms with Crippen molar-refractivity contribution in [1.29, 1.82) is 0 Å². The fourth-order valence-electron chi connectivity index (χ4n) is 2.48. The fraction of sp³-hybridized carbons (Fsp3) is 0.235. The molecule has 0 spiro atoms. The minimum Gasteiger partial charge on any atom is -0.459 e. The van der Waals surface area contributed by atoms with Crippen LogP contribution in [0.1, 0.15) is 17.5 Å². The number of nitrogens with one attached hydrogen (secondary N) is 3. The van der Waals surface area contributed by atoms with E-state index in [0.29, 0.717) is 24.5 Å². The Bertz CT molecular complexity index is 770. The minimum absolute atomic E-state index is 0.227. The van der Waals surface area contributed by atoms with Gasteiger partial charge in [-0.1, -0.05) is 0 Å². The Morgan fingerprint density at radius 3 is 2.52 bits per heavy atom. The second-order valence-electron chi connectivity index (χ2n) is 5.60. The largest absolute Gasteiger partial charge is 0.459 e. The molecule has 1 aromatic carbocycles. The van der Waals surface area contributed by atoms with E-state index >= 15 is 0 Å². The van der Waals surface area contributed by atoms with Gasteiger partial charge in [-0.15, -0.1) is 0 Å². The molecule has 4 amide bonds. The van der Waals surface area contributed by atoms with Gasteiger partial charge >= 0.3 is 6.03 Å². The van der Waals surface area contributed by atoms with Gasteiger partial charge in [0.1, 0.15) is 6.04 Å². The van der Waals surface area contributed by atoms with E-state index in [-0.39, 0.29) is 23.6 Å². The van der Waals surface area contributed by atoms with Gasteiger partial charge in [-0.3, -0.25) is 14.5 Å². The number of furan rings is 1. The first-order chi connectivity index (χ1) is 12.0. The maximum Gasteiger partial charge on any atom is 0.324 e. The predicted octanol–water partition coefficient (Wildman–Crippen LogP) is 1.88. The van der Waals surface area contributed by atoms with Gasteiger partial charge in [0.2, 0.25) is 0 Å². The van der Waals surface area contributed by atoms with Crippen molar-refractivity contribution in [2.45, 2.75) is 13.0 Å². The van der Waals surface area contributed by atoms with Crippen LogP contribution in [-0.2, 0) is 4.79 Å². The van der Waals surface area contributed by atoms with Crippen LogP contribution < -0.4 is 16.0 Å². The van der Waals surface area contributed by atoms with E-state index in [2.05, 4.69) is 16.0 Å². The number of nitrogens with zero attached hydrogens (tertiary/aromatic N) is 1. The standard InChI is InChI=1S/C17H18N4O4/c1-11(16(23)21-9-8-18-17(21)24)19-12-4-6-13(7-5-12)20-15(22)14-3-2-10-25-14/h2-7,10-11,19H,8-9H2,1H3,(H,18,24)(H,20,22)/t11-/m1/s1. The Labute approximate surface area is 144 Å². The van der Waals surface area contributed by atoms with Crippen molar-refractivity contribution in [2.75, 3.05) is 23.7 Å². The highest BCUT2D eigenvalue weighted by molar-refractivity contribution is 6.02. The molecule has 0 bridgehead atoms. The molecule has 1 saturated heterocycles. The number of anilines is 2. The van der Waals surface area contributed by atoms with E-state index in [1.807, 2.05) is 0 Å². The van der Waals surface area contributed by atoms with Gasteiger partial charge in [-0.25, -0.2) is 4.79 Å². The summed E-state index contributed by atoms with van der Waals surface area (Å²) >= 11 is 0. The Hall–Kier alpha value is -3.29. The predicted molar refractivity (Wildman–Crippen MR) is 91.3 cm³/mol. The van der Waals surface area contributed by atoms with Gasteiger partial charge < -0.3 is 20.4 Å². The summed E-state index contributed by atoms with van der Waals surface area (Å²) in [5, 5.41) is 8.35. The lowest BCUT2D eigenvalue weighted by Crippen LogP contribution is -2.43. The number of urea groups is 1. The van der Waals surface area contributed by atoms with E-state index in [1.165, 1.54) is 11.2 Å². The number of carbonyl (C=O) groups is 3. The third-order valence-corrected chi connectivity index (χ3v) is 3.76. The van der Waals surface area contributed by atoms with Crippen LogP contribution in [0.2, 0.25) is 0 Å². The van der Waals surface area contributed by atoms with Crippen LogP contribution in [0, 0.1) is 0 Å². The van der Waals surface area contributed by atoms with Gasteiger partial charge in [-0.05, 0) is 43.3 Å². The van der Waals surface area contributed by atoms with E-state index in [0.717, 1.165) is 0 Å². The Morgan fingerprint density at radius 1 is 1.20 bits per heavy atom. The second kappa shape index (κ2) is 7.08. The molecule has 0 unspecified atom stereocenters. The number of hydrogen-bond donors (Lipinski definition) is 3. The van der Waals surface area contributed by atoms with Crippen molar-refractivity contribution in [3.8, 4) is 0 Å². The van der Waals surface area contributed by atoms with Crippen LogP contribution in [0.5, 0.6) is 0 Å². The highest BCUT2D eigenvalue weighted by Gasteiger charge is 2.29.